The molecule has 0 amide bonds. The molecule has 106 valence electrons. The Balaban J connectivity index is 2.16. The molecule has 2 aromatic rings. The number of nitrogens with zero attached hydrogens (tertiary/aromatic N) is 2. The monoisotopic (exact) mass is 333 g/mol. The summed E-state index contributed by atoms with van der Waals surface area (Å²) in [6.45, 7) is 6.43. The Morgan fingerprint density at radius 2 is 2.05 bits per heavy atom. The van der Waals surface area contributed by atoms with Crippen molar-refractivity contribution < 1.29 is 0 Å². The first-order valence-electron chi connectivity index (χ1n) is 7.13. The maximum Gasteiger partial charge on any atom is 0.132 e. The molecule has 0 saturated heterocycles. The van der Waals surface area contributed by atoms with E-state index in [2.05, 4.69) is 59.5 Å². The van der Waals surface area contributed by atoms with Gasteiger partial charge in [0.25, 0.3) is 0 Å². The SMILES string of the molecule is Cc1ccc(-c2nc(C(C)C)n(C3CC3)c2N)c(Br)c1. The lowest BCUT2D eigenvalue weighted by Crippen LogP contribution is -2.06. The zero-order valence-corrected chi connectivity index (χ0v) is 13.7. The van der Waals surface area contributed by atoms with Gasteiger partial charge >= 0.3 is 0 Å². The molecular weight excluding hydrogens is 314 g/mol. The van der Waals surface area contributed by atoms with E-state index >= 15 is 0 Å². The Labute approximate surface area is 128 Å². The van der Waals surface area contributed by atoms with Crippen molar-refractivity contribution in [3.63, 3.8) is 0 Å². The number of hydrogen-bond donors (Lipinski definition) is 1. The third kappa shape index (κ3) is 2.26. The van der Waals surface area contributed by atoms with E-state index in [0.29, 0.717) is 12.0 Å². The molecule has 1 heterocycles. The topological polar surface area (TPSA) is 43.8 Å². The number of aromatic nitrogens is 2. The number of halogens is 1. The van der Waals surface area contributed by atoms with Crippen molar-refractivity contribution >= 4 is 21.7 Å². The Morgan fingerprint density at radius 3 is 2.60 bits per heavy atom. The minimum Gasteiger partial charge on any atom is -0.383 e. The number of benzene rings is 1. The number of nitrogen functional groups attached to an aromatic ring is 1. The van der Waals surface area contributed by atoms with Gasteiger partial charge in [-0.3, -0.25) is 0 Å². The van der Waals surface area contributed by atoms with Gasteiger partial charge in [-0.15, -0.1) is 0 Å². The molecule has 0 unspecified atom stereocenters. The lowest BCUT2D eigenvalue weighted by molar-refractivity contribution is 0.646. The molecule has 1 fully saturated rings. The number of aryl methyl sites for hydroxylation is 1. The Hall–Kier alpha value is -1.29. The van der Waals surface area contributed by atoms with Gasteiger partial charge < -0.3 is 10.3 Å². The van der Waals surface area contributed by atoms with E-state index in [1.165, 1.54) is 18.4 Å². The summed E-state index contributed by atoms with van der Waals surface area (Å²) < 4.78 is 3.30. The third-order valence-corrected chi connectivity index (χ3v) is 4.44. The van der Waals surface area contributed by atoms with Crippen molar-refractivity contribution in [1.29, 1.82) is 0 Å². The highest BCUT2D eigenvalue weighted by atomic mass is 79.9. The molecule has 0 spiro atoms. The van der Waals surface area contributed by atoms with Crippen LogP contribution in [0.4, 0.5) is 5.82 Å². The first-order valence-corrected chi connectivity index (χ1v) is 7.92. The standard InChI is InChI=1S/C16H20BrN3/c1-9(2)16-19-14(15(18)20(16)11-5-6-11)12-7-4-10(3)8-13(12)17/h4,7-9,11H,5-6,18H2,1-3H3. The molecule has 0 atom stereocenters. The normalized spacial score (nSPS) is 15.1. The molecule has 0 radical (unpaired) electrons. The predicted octanol–water partition coefficient (Wildman–Crippen LogP) is 4.66. The predicted molar refractivity (Wildman–Crippen MR) is 86.9 cm³/mol. The Morgan fingerprint density at radius 1 is 1.35 bits per heavy atom. The molecule has 20 heavy (non-hydrogen) atoms. The van der Waals surface area contributed by atoms with Crippen LogP contribution in [0.15, 0.2) is 22.7 Å². The van der Waals surface area contributed by atoms with E-state index in [4.69, 9.17) is 10.7 Å². The second-order valence-electron chi connectivity index (χ2n) is 5.94. The van der Waals surface area contributed by atoms with Crippen molar-refractivity contribution in [3.8, 4) is 11.3 Å². The molecule has 3 nitrogen and oxygen atoms in total. The fraction of sp³-hybridized carbons (Fsp3) is 0.438. The molecule has 4 heteroatoms. The highest BCUT2D eigenvalue weighted by molar-refractivity contribution is 9.10. The molecule has 1 saturated carbocycles. The Kier molecular flexibility index (Phi) is 3.36. The highest BCUT2D eigenvalue weighted by Crippen LogP contribution is 2.43. The second kappa shape index (κ2) is 4.92. The number of imidazole rings is 1. The number of hydrogen-bond acceptors (Lipinski definition) is 2. The zero-order chi connectivity index (χ0) is 14.4. The van der Waals surface area contributed by atoms with Crippen molar-refractivity contribution in [3.05, 3.63) is 34.1 Å². The molecule has 3 rings (SSSR count). The van der Waals surface area contributed by atoms with Crippen molar-refractivity contribution in [2.75, 3.05) is 5.73 Å². The van der Waals surface area contributed by atoms with Crippen LogP contribution in [0, 0.1) is 6.92 Å². The smallest absolute Gasteiger partial charge is 0.132 e. The zero-order valence-electron chi connectivity index (χ0n) is 12.2. The van der Waals surface area contributed by atoms with Crippen LogP contribution in [0.5, 0.6) is 0 Å². The van der Waals surface area contributed by atoms with Crippen LogP contribution >= 0.6 is 15.9 Å². The van der Waals surface area contributed by atoms with Gasteiger partial charge in [0, 0.05) is 22.0 Å². The molecular formula is C16H20BrN3. The summed E-state index contributed by atoms with van der Waals surface area (Å²) in [4.78, 5) is 4.84. The van der Waals surface area contributed by atoms with Crippen LogP contribution in [0.25, 0.3) is 11.3 Å². The average Bonchev–Trinajstić information content (AvgIpc) is 3.14. The second-order valence-corrected chi connectivity index (χ2v) is 6.80. The van der Waals surface area contributed by atoms with Crippen molar-refractivity contribution in [1.82, 2.24) is 9.55 Å². The van der Waals surface area contributed by atoms with Crippen molar-refractivity contribution in [2.45, 2.75) is 45.6 Å². The molecule has 0 bridgehead atoms. The van der Waals surface area contributed by atoms with E-state index in [1.54, 1.807) is 0 Å². The van der Waals surface area contributed by atoms with E-state index in [0.717, 1.165) is 27.4 Å². The summed E-state index contributed by atoms with van der Waals surface area (Å²) in [5.41, 5.74) is 9.62. The highest BCUT2D eigenvalue weighted by Gasteiger charge is 2.31. The van der Waals surface area contributed by atoms with Crippen LogP contribution in [0.2, 0.25) is 0 Å². The summed E-state index contributed by atoms with van der Waals surface area (Å²) in [6.07, 6.45) is 2.43. The fourth-order valence-electron chi connectivity index (χ4n) is 2.60. The van der Waals surface area contributed by atoms with Gasteiger partial charge in [0.15, 0.2) is 0 Å². The average molecular weight is 334 g/mol. The largest absolute Gasteiger partial charge is 0.383 e. The fourth-order valence-corrected chi connectivity index (χ4v) is 3.28. The van der Waals surface area contributed by atoms with Crippen LogP contribution in [-0.2, 0) is 0 Å². The maximum absolute atomic E-state index is 6.40. The van der Waals surface area contributed by atoms with E-state index in [1.807, 2.05) is 0 Å². The summed E-state index contributed by atoms with van der Waals surface area (Å²) in [5, 5.41) is 0. The van der Waals surface area contributed by atoms with Crippen LogP contribution in [-0.4, -0.2) is 9.55 Å². The van der Waals surface area contributed by atoms with E-state index < -0.39 is 0 Å². The van der Waals surface area contributed by atoms with Crippen LogP contribution in [0.1, 0.15) is 50.0 Å². The maximum atomic E-state index is 6.40. The van der Waals surface area contributed by atoms with Crippen LogP contribution in [0.3, 0.4) is 0 Å². The van der Waals surface area contributed by atoms with Gasteiger partial charge in [0.1, 0.15) is 17.3 Å². The molecule has 2 N–H and O–H groups in total. The van der Waals surface area contributed by atoms with E-state index in [-0.39, 0.29) is 0 Å². The van der Waals surface area contributed by atoms with Gasteiger partial charge in [-0.25, -0.2) is 4.98 Å². The molecule has 1 aliphatic rings. The van der Waals surface area contributed by atoms with Gasteiger partial charge in [-0.05, 0) is 31.4 Å². The summed E-state index contributed by atoms with van der Waals surface area (Å²) in [6, 6.07) is 6.86. The van der Waals surface area contributed by atoms with Gasteiger partial charge in [-0.2, -0.15) is 0 Å². The van der Waals surface area contributed by atoms with Crippen LogP contribution < -0.4 is 5.73 Å². The number of anilines is 1. The van der Waals surface area contributed by atoms with E-state index in [9.17, 15) is 0 Å². The third-order valence-electron chi connectivity index (χ3n) is 3.78. The molecule has 0 aliphatic heterocycles. The van der Waals surface area contributed by atoms with Gasteiger partial charge in [0.2, 0.25) is 0 Å². The summed E-state index contributed by atoms with van der Waals surface area (Å²) >= 11 is 3.64. The quantitative estimate of drug-likeness (QED) is 0.887. The first-order chi connectivity index (χ1) is 9.49. The molecule has 1 aliphatic carbocycles. The summed E-state index contributed by atoms with van der Waals surface area (Å²) in [7, 11) is 0. The number of rotatable bonds is 3. The molecule has 1 aromatic heterocycles. The first kappa shape index (κ1) is 13.7. The lowest BCUT2D eigenvalue weighted by Gasteiger charge is -2.10. The number of nitrogens with two attached hydrogens (primary N) is 1. The minimum atomic E-state index is 0.385. The lowest BCUT2D eigenvalue weighted by atomic mass is 10.1. The Bertz CT molecular complexity index is 654. The minimum absolute atomic E-state index is 0.385. The van der Waals surface area contributed by atoms with Gasteiger partial charge in [0.05, 0.1) is 0 Å². The van der Waals surface area contributed by atoms with Gasteiger partial charge in [-0.1, -0.05) is 41.9 Å². The van der Waals surface area contributed by atoms with Crippen molar-refractivity contribution in [2.24, 2.45) is 0 Å². The summed E-state index contributed by atoms with van der Waals surface area (Å²) in [5.74, 6) is 2.30. The molecule has 1 aromatic carbocycles.